The lowest BCUT2D eigenvalue weighted by atomic mass is 10.1. The Morgan fingerprint density at radius 2 is 1.69 bits per heavy atom. The van der Waals surface area contributed by atoms with Gasteiger partial charge in [-0.25, -0.2) is 0 Å². The lowest BCUT2D eigenvalue weighted by molar-refractivity contribution is -0.141. The van der Waals surface area contributed by atoms with Crippen LogP contribution in [0.25, 0.3) is 0 Å². The fraction of sp³-hybridized carbons (Fsp3) is 0.333. The van der Waals surface area contributed by atoms with E-state index in [0.29, 0.717) is 13.1 Å². The summed E-state index contributed by atoms with van der Waals surface area (Å²) in [5, 5.41) is 2.21. The predicted molar refractivity (Wildman–Crippen MR) is 105 cm³/mol. The van der Waals surface area contributed by atoms with Gasteiger partial charge in [-0.3, -0.25) is 19.2 Å². The normalized spacial score (nSPS) is 13.7. The Morgan fingerprint density at radius 3 is 2.31 bits per heavy atom. The molecule has 1 aliphatic heterocycles. The molecule has 0 atom stereocenters. The summed E-state index contributed by atoms with van der Waals surface area (Å²) in [7, 11) is 0. The van der Waals surface area contributed by atoms with Gasteiger partial charge in [-0.15, -0.1) is 0 Å². The molecule has 3 rings (SSSR count). The number of esters is 1. The number of H-pyrrole nitrogens is 1. The van der Waals surface area contributed by atoms with Crippen molar-refractivity contribution in [3.8, 4) is 0 Å². The van der Waals surface area contributed by atoms with Crippen molar-refractivity contribution in [2.75, 3.05) is 26.2 Å². The summed E-state index contributed by atoms with van der Waals surface area (Å²) < 4.78 is 42.5. The quantitative estimate of drug-likeness (QED) is 0.497. The number of aromatic nitrogens is 1. The number of likely N-dealkylation sites (tertiary alicyclic amines) is 1. The Kier molecular flexibility index (Phi) is 6.96. The number of hydrogen-bond donors (Lipinski definition) is 2. The summed E-state index contributed by atoms with van der Waals surface area (Å²) in [4.78, 5) is 52.6. The number of aromatic amines is 1. The molecule has 32 heavy (non-hydrogen) atoms. The zero-order valence-electron chi connectivity index (χ0n) is 16.8. The molecule has 2 heterocycles. The second kappa shape index (κ2) is 9.67. The summed E-state index contributed by atoms with van der Waals surface area (Å²) in [5.74, 6) is -2.41. The Morgan fingerprint density at radius 1 is 1.03 bits per heavy atom. The van der Waals surface area contributed by atoms with Crippen molar-refractivity contribution in [1.29, 1.82) is 0 Å². The molecule has 0 spiro atoms. The first kappa shape index (κ1) is 23.0. The van der Waals surface area contributed by atoms with Gasteiger partial charge in [0.05, 0.1) is 5.56 Å². The number of carbonyl (C=O) groups is 4. The Labute approximate surface area is 180 Å². The second-order valence-corrected chi connectivity index (χ2v) is 7.14. The van der Waals surface area contributed by atoms with Crippen LogP contribution in [0.4, 0.5) is 13.2 Å². The topological polar surface area (TPSA) is 109 Å². The average Bonchev–Trinajstić information content (AvgIpc) is 3.47. The van der Waals surface area contributed by atoms with Gasteiger partial charge in [0.25, 0.3) is 11.8 Å². The number of Topliss-reactive ketones (excluding diaryl/α,β-unsaturated/α-hetero) is 1. The molecule has 0 saturated carbocycles. The Bertz CT molecular complexity index is 1010. The number of hydrogen-bond acceptors (Lipinski definition) is 5. The van der Waals surface area contributed by atoms with Crippen LogP contribution in [0, 0.1) is 0 Å². The van der Waals surface area contributed by atoms with Crippen molar-refractivity contribution < 1.29 is 37.1 Å². The zero-order chi connectivity index (χ0) is 23.3. The van der Waals surface area contributed by atoms with E-state index in [1.54, 1.807) is 4.90 Å². The number of alkyl halides is 3. The fourth-order valence-corrected chi connectivity index (χ4v) is 3.11. The highest BCUT2D eigenvalue weighted by molar-refractivity contribution is 6.01. The van der Waals surface area contributed by atoms with Crippen LogP contribution in [0.2, 0.25) is 0 Å². The van der Waals surface area contributed by atoms with Crippen LogP contribution in [0.1, 0.15) is 49.6 Å². The van der Waals surface area contributed by atoms with Crippen LogP contribution in [-0.4, -0.2) is 59.7 Å². The molecule has 0 unspecified atom stereocenters. The van der Waals surface area contributed by atoms with Gasteiger partial charge in [0.1, 0.15) is 12.2 Å². The van der Waals surface area contributed by atoms with Crippen LogP contribution >= 0.6 is 0 Å². The van der Waals surface area contributed by atoms with Crippen LogP contribution in [0.15, 0.2) is 36.5 Å². The second-order valence-electron chi connectivity index (χ2n) is 7.14. The summed E-state index contributed by atoms with van der Waals surface area (Å²) in [5.41, 5.74) is -0.522. The minimum Gasteiger partial charge on any atom is -0.456 e. The van der Waals surface area contributed by atoms with Gasteiger partial charge in [0, 0.05) is 30.4 Å². The maximum atomic E-state index is 12.5. The number of benzene rings is 1. The molecule has 2 N–H and O–H groups in total. The highest BCUT2D eigenvalue weighted by Crippen LogP contribution is 2.29. The molecule has 11 heteroatoms. The molecule has 8 nitrogen and oxygen atoms in total. The standard InChI is InChI=1S/C21H20F3N3O5/c22-21(23,24)15-5-3-13(4-6-15)19(30)26-11-18(29)32-12-17(28)14-9-16(25-10-14)20(31)27-7-1-2-8-27/h3-6,9-10,25H,1-2,7-8,11-12H2,(H,26,30). The highest BCUT2D eigenvalue weighted by atomic mass is 19.4. The van der Waals surface area contributed by atoms with Crippen molar-refractivity contribution in [1.82, 2.24) is 15.2 Å². The van der Waals surface area contributed by atoms with Crippen molar-refractivity contribution in [2.24, 2.45) is 0 Å². The third kappa shape index (κ3) is 5.74. The van der Waals surface area contributed by atoms with Crippen LogP contribution < -0.4 is 5.32 Å². The summed E-state index contributed by atoms with van der Waals surface area (Å²) in [6, 6.07) is 4.88. The van der Waals surface area contributed by atoms with E-state index in [0.717, 1.165) is 37.1 Å². The fourth-order valence-electron chi connectivity index (χ4n) is 3.11. The van der Waals surface area contributed by atoms with Gasteiger partial charge in [-0.2, -0.15) is 13.2 Å². The van der Waals surface area contributed by atoms with Gasteiger partial charge in [0.15, 0.2) is 6.61 Å². The van der Waals surface area contributed by atoms with E-state index in [1.807, 2.05) is 0 Å². The number of nitrogens with one attached hydrogen (secondary N) is 2. The van der Waals surface area contributed by atoms with Gasteiger partial charge < -0.3 is 19.9 Å². The van der Waals surface area contributed by atoms with Crippen molar-refractivity contribution >= 4 is 23.6 Å². The first-order valence-electron chi connectivity index (χ1n) is 9.77. The lowest BCUT2D eigenvalue weighted by Gasteiger charge is -2.13. The molecule has 1 aromatic carbocycles. The molecule has 0 radical (unpaired) electrons. The molecule has 1 aromatic heterocycles. The lowest BCUT2D eigenvalue weighted by Crippen LogP contribution is -2.31. The molecule has 1 saturated heterocycles. The van der Waals surface area contributed by atoms with Crippen molar-refractivity contribution in [3.63, 3.8) is 0 Å². The zero-order valence-corrected chi connectivity index (χ0v) is 16.8. The minimum absolute atomic E-state index is 0.0654. The summed E-state index contributed by atoms with van der Waals surface area (Å²) in [6.07, 6.45) is -1.30. The third-order valence-corrected chi connectivity index (χ3v) is 4.86. The SMILES string of the molecule is O=C(CNC(=O)c1ccc(C(F)(F)F)cc1)OCC(=O)c1c[nH]c(C(=O)N2CCCC2)c1. The minimum atomic E-state index is -4.52. The maximum Gasteiger partial charge on any atom is 0.416 e. The van der Waals surface area contributed by atoms with E-state index < -0.39 is 42.6 Å². The first-order valence-corrected chi connectivity index (χ1v) is 9.77. The molecule has 170 valence electrons. The van der Waals surface area contributed by atoms with E-state index in [9.17, 15) is 32.3 Å². The van der Waals surface area contributed by atoms with Crippen molar-refractivity contribution in [3.05, 3.63) is 58.9 Å². The number of halogens is 3. The van der Waals surface area contributed by atoms with Gasteiger partial charge in [0.2, 0.25) is 5.78 Å². The summed E-state index contributed by atoms with van der Waals surface area (Å²) in [6.45, 7) is 0.164. The van der Waals surface area contributed by atoms with Crippen LogP contribution in [-0.2, 0) is 15.7 Å². The molecule has 1 fully saturated rings. The monoisotopic (exact) mass is 451 g/mol. The number of ether oxygens (including phenoxy) is 1. The number of amides is 2. The van der Waals surface area contributed by atoms with Crippen molar-refractivity contribution in [2.45, 2.75) is 19.0 Å². The number of nitrogens with zero attached hydrogens (tertiary/aromatic N) is 1. The van der Waals surface area contributed by atoms with Gasteiger partial charge in [-0.05, 0) is 43.2 Å². The van der Waals surface area contributed by atoms with Gasteiger partial charge in [-0.1, -0.05) is 0 Å². The van der Waals surface area contributed by atoms with E-state index in [1.165, 1.54) is 12.3 Å². The highest BCUT2D eigenvalue weighted by Gasteiger charge is 2.30. The molecule has 1 aliphatic rings. The largest absolute Gasteiger partial charge is 0.456 e. The average molecular weight is 451 g/mol. The number of ketones is 1. The maximum absolute atomic E-state index is 12.5. The Hall–Kier alpha value is -3.63. The molecule has 2 aromatic rings. The third-order valence-electron chi connectivity index (χ3n) is 4.86. The molecular weight excluding hydrogens is 431 g/mol. The first-order chi connectivity index (χ1) is 15.1. The Balaban J connectivity index is 1.44. The van der Waals surface area contributed by atoms with Crippen LogP contribution in [0.3, 0.4) is 0 Å². The molecule has 0 aliphatic carbocycles. The molecular formula is C21H20F3N3O5. The van der Waals surface area contributed by atoms with E-state index in [4.69, 9.17) is 4.74 Å². The van der Waals surface area contributed by atoms with Gasteiger partial charge >= 0.3 is 12.1 Å². The molecule has 0 bridgehead atoms. The predicted octanol–water partition coefficient (Wildman–Crippen LogP) is 2.43. The van der Waals surface area contributed by atoms with E-state index in [-0.39, 0.29) is 22.7 Å². The summed E-state index contributed by atoms with van der Waals surface area (Å²) >= 11 is 0. The van der Waals surface area contributed by atoms with Crippen LogP contribution in [0.5, 0.6) is 0 Å². The number of carbonyl (C=O) groups excluding carboxylic acids is 4. The number of rotatable bonds is 7. The smallest absolute Gasteiger partial charge is 0.416 e. The molecule has 2 amide bonds. The van der Waals surface area contributed by atoms with E-state index >= 15 is 0 Å². The van der Waals surface area contributed by atoms with E-state index in [2.05, 4.69) is 10.3 Å².